The molecule has 3 aromatic rings. The van der Waals surface area contributed by atoms with Gasteiger partial charge in [-0.25, -0.2) is 22.7 Å². The van der Waals surface area contributed by atoms with Crippen molar-refractivity contribution in [1.29, 1.82) is 0 Å². The predicted octanol–water partition coefficient (Wildman–Crippen LogP) is 0.416. The fourth-order valence-corrected chi connectivity index (χ4v) is 4.28. The molecule has 0 fully saturated rings. The molecule has 2 N–H and O–H groups in total. The van der Waals surface area contributed by atoms with Crippen LogP contribution in [0.4, 0.5) is 0 Å². The van der Waals surface area contributed by atoms with Gasteiger partial charge in [-0.05, 0) is 30.8 Å². The third-order valence-corrected chi connectivity index (χ3v) is 6.69. The summed E-state index contributed by atoms with van der Waals surface area (Å²) in [6.45, 7) is -0.0699. The van der Waals surface area contributed by atoms with Crippen LogP contribution in [0.3, 0.4) is 0 Å². The molecule has 0 saturated heterocycles. The van der Waals surface area contributed by atoms with Crippen LogP contribution >= 0.6 is 11.3 Å². The van der Waals surface area contributed by atoms with Gasteiger partial charge in [-0.15, -0.1) is 11.3 Å². The minimum Gasteiger partial charge on any atom is -0.477 e. The third-order valence-electron chi connectivity index (χ3n) is 4.06. The number of thiophene rings is 1. The fraction of sp³-hybridized carbons (Fsp3) is 0.188. The van der Waals surface area contributed by atoms with Gasteiger partial charge < -0.3 is 5.11 Å². The molecular formula is C16H15N3O6S2. The van der Waals surface area contributed by atoms with Crippen LogP contribution in [-0.4, -0.2) is 35.7 Å². The summed E-state index contributed by atoms with van der Waals surface area (Å²) in [6, 6.07) is 7.03. The van der Waals surface area contributed by atoms with Crippen molar-refractivity contribution < 1.29 is 18.3 Å². The highest BCUT2D eigenvalue weighted by molar-refractivity contribution is 7.89. The Balaban J connectivity index is 2.09. The Morgan fingerprint density at radius 2 is 1.85 bits per heavy atom. The van der Waals surface area contributed by atoms with Gasteiger partial charge in [0.2, 0.25) is 10.0 Å². The maximum atomic E-state index is 12.7. The van der Waals surface area contributed by atoms with Crippen LogP contribution in [0.1, 0.15) is 15.2 Å². The molecule has 0 amide bonds. The molecule has 0 saturated carbocycles. The van der Waals surface area contributed by atoms with Crippen molar-refractivity contribution in [3.05, 3.63) is 61.6 Å². The van der Waals surface area contributed by atoms with Crippen LogP contribution < -0.4 is 16.0 Å². The summed E-state index contributed by atoms with van der Waals surface area (Å²) in [5.74, 6) is -1.17. The standard InChI is InChI=1S/C16H15N3O6S2/c1-17-27(24,25)10-5-3-9(4-6-10)8-19-13(20)11-7-12(15(21)22)26-14(11)18(2)16(19)23/h3-7,17H,8H2,1-2H3,(H,21,22). The van der Waals surface area contributed by atoms with Gasteiger partial charge in [-0.3, -0.25) is 13.9 Å². The number of benzene rings is 1. The number of carboxylic acids is 1. The van der Waals surface area contributed by atoms with Crippen molar-refractivity contribution in [3.63, 3.8) is 0 Å². The largest absolute Gasteiger partial charge is 0.477 e. The summed E-state index contributed by atoms with van der Waals surface area (Å²) in [6.07, 6.45) is 0. The first kappa shape index (κ1) is 19.0. The third kappa shape index (κ3) is 3.31. The van der Waals surface area contributed by atoms with Crippen LogP contribution in [-0.2, 0) is 23.6 Å². The zero-order chi connectivity index (χ0) is 19.9. The quantitative estimate of drug-likeness (QED) is 0.629. The summed E-state index contributed by atoms with van der Waals surface area (Å²) < 4.78 is 27.9. The van der Waals surface area contributed by atoms with Crippen molar-refractivity contribution in [2.75, 3.05) is 7.05 Å². The second kappa shape index (κ2) is 6.76. The average Bonchev–Trinajstić information content (AvgIpc) is 3.10. The maximum absolute atomic E-state index is 12.7. The lowest BCUT2D eigenvalue weighted by molar-refractivity contribution is 0.0702. The number of hydrogen-bond acceptors (Lipinski definition) is 6. The summed E-state index contributed by atoms with van der Waals surface area (Å²) in [7, 11) is -0.820. The summed E-state index contributed by atoms with van der Waals surface area (Å²) in [5.41, 5.74) is -0.626. The SMILES string of the molecule is CNS(=O)(=O)c1ccc(Cn2c(=O)c3cc(C(=O)O)sc3n(C)c2=O)cc1. The van der Waals surface area contributed by atoms with E-state index in [2.05, 4.69) is 4.72 Å². The molecule has 2 aromatic heterocycles. The van der Waals surface area contributed by atoms with E-state index in [1.54, 1.807) is 0 Å². The minimum absolute atomic E-state index is 0.0310. The van der Waals surface area contributed by atoms with Crippen molar-refractivity contribution in [1.82, 2.24) is 13.9 Å². The lowest BCUT2D eigenvalue weighted by Crippen LogP contribution is -2.38. The van der Waals surface area contributed by atoms with Gasteiger partial charge in [0.05, 0.1) is 16.8 Å². The first-order chi connectivity index (χ1) is 12.7. The van der Waals surface area contributed by atoms with Crippen LogP contribution in [0.2, 0.25) is 0 Å². The van der Waals surface area contributed by atoms with Crippen molar-refractivity contribution in [3.8, 4) is 0 Å². The van der Waals surface area contributed by atoms with Gasteiger partial charge in [0, 0.05) is 7.05 Å². The zero-order valence-corrected chi connectivity index (χ0v) is 15.9. The number of nitrogens with one attached hydrogen (secondary N) is 1. The molecule has 27 heavy (non-hydrogen) atoms. The van der Waals surface area contributed by atoms with Crippen molar-refractivity contribution in [2.24, 2.45) is 7.05 Å². The number of carboxylic acid groups (broad SMARTS) is 1. The molecule has 0 bridgehead atoms. The van der Waals surface area contributed by atoms with E-state index in [1.807, 2.05) is 0 Å². The van der Waals surface area contributed by atoms with E-state index in [0.29, 0.717) is 5.56 Å². The molecule has 0 spiro atoms. The van der Waals surface area contributed by atoms with Crippen molar-refractivity contribution >= 4 is 37.5 Å². The van der Waals surface area contributed by atoms with E-state index in [-0.39, 0.29) is 26.5 Å². The summed E-state index contributed by atoms with van der Waals surface area (Å²) in [5, 5.41) is 9.26. The number of aromatic carboxylic acids is 1. The van der Waals surface area contributed by atoms with Crippen LogP contribution in [0.15, 0.2) is 44.8 Å². The Labute approximate surface area is 157 Å². The lowest BCUT2D eigenvalue weighted by atomic mass is 10.2. The van der Waals surface area contributed by atoms with E-state index in [4.69, 9.17) is 5.11 Å². The molecule has 2 heterocycles. The molecule has 11 heteroatoms. The number of nitrogens with zero attached hydrogens (tertiary/aromatic N) is 2. The van der Waals surface area contributed by atoms with E-state index in [1.165, 1.54) is 49.0 Å². The van der Waals surface area contributed by atoms with E-state index in [9.17, 15) is 22.8 Å². The molecular weight excluding hydrogens is 394 g/mol. The average molecular weight is 409 g/mol. The second-order valence-corrected chi connectivity index (χ2v) is 8.64. The Morgan fingerprint density at radius 3 is 2.41 bits per heavy atom. The topological polar surface area (TPSA) is 127 Å². The number of sulfonamides is 1. The lowest BCUT2D eigenvalue weighted by Gasteiger charge is -2.09. The number of aryl methyl sites for hydroxylation is 1. The van der Waals surface area contributed by atoms with Crippen molar-refractivity contribution in [2.45, 2.75) is 11.4 Å². The molecule has 1 aromatic carbocycles. The highest BCUT2D eigenvalue weighted by atomic mass is 32.2. The van der Waals surface area contributed by atoms with Gasteiger partial charge in [-0.1, -0.05) is 12.1 Å². The van der Waals surface area contributed by atoms with Crippen LogP contribution in [0.25, 0.3) is 10.2 Å². The zero-order valence-electron chi connectivity index (χ0n) is 14.3. The van der Waals surface area contributed by atoms with Crippen LogP contribution in [0.5, 0.6) is 0 Å². The maximum Gasteiger partial charge on any atom is 0.345 e. The molecule has 3 rings (SSSR count). The minimum atomic E-state index is -3.58. The first-order valence-corrected chi connectivity index (χ1v) is 9.95. The molecule has 0 aliphatic rings. The molecule has 142 valence electrons. The Bertz CT molecular complexity index is 1270. The summed E-state index contributed by atoms with van der Waals surface area (Å²) >= 11 is 0.859. The number of aromatic nitrogens is 2. The van der Waals surface area contributed by atoms with Crippen LogP contribution in [0, 0.1) is 0 Å². The number of hydrogen-bond donors (Lipinski definition) is 2. The number of rotatable bonds is 5. The van der Waals surface area contributed by atoms with Gasteiger partial charge in [0.25, 0.3) is 5.56 Å². The smallest absolute Gasteiger partial charge is 0.345 e. The molecule has 0 aliphatic carbocycles. The molecule has 9 nitrogen and oxygen atoms in total. The van der Waals surface area contributed by atoms with E-state index >= 15 is 0 Å². The fourth-order valence-electron chi connectivity index (χ4n) is 2.60. The predicted molar refractivity (Wildman–Crippen MR) is 100 cm³/mol. The Hall–Kier alpha value is -2.76. The Morgan fingerprint density at radius 1 is 1.22 bits per heavy atom. The normalized spacial score (nSPS) is 11.8. The highest BCUT2D eigenvalue weighted by Gasteiger charge is 2.17. The number of fused-ring (bicyclic) bond motifs is 1. The van der Waals surface area contributed by atoms with E-state index in [0.717, 1.165) is 15.9 Å². The molecule has 0 radical (unpaired) electrons. The number of carbonyl (C=O) groups is 1. The molecule has 0 aliphatic heterocycles. The Kier molecular flexibility index (Phi) is 4.76. The molecule has 0 unspecified atom stereocenters. The molecule has 0 atom stereocenters. The highest BCUT2D eigenvalue weighted by Crippen LogP contribution is 2.21. The van der Waals surface area contributed by atoms with E-state index < -0.39 is 27.2 Å². The van der Waals surface area contributed by atoms with Gasteiger partial charge in [0.1, 0.15) is 9.71 Å². The summed E-state index contributed by atoms with van der Waals surface area (Å²) in [4.78, 5) is 36.7. The van der Waals surface area contributed by atoms with Gasteiger partial charge in [-0.2, -0.15) is 0 Å². The second-order valence-electron chi connectivity index (χ2n) is 5.72. The van der Waals surface area contributed by atoms with Gasteiger partial charge in [0.15, 0.2) is 0 Å². The monoisotopic (exact) mass is 409 g/mol. The first-order valence-electron chi connectivity index (χ1n) is 7.65. The van der Waals surface area contributed by atoms with Gasteiger partial charge >= 0.3 is 11.7 Å².